The molecule has 2 heterocycles. The molecule has 1 saturated heterocycles. The monoisotopic (exact) mass is 256 g/mol. The summed E-state index contributed by atoms with van der Waals surface area (Å²) in [5.41, 5.74) is -2.08. The maximum atomic E-state index is 11.6. The van der Waals surface area contributed by atoms with Gasteiger partial charge < -0.3 is 14.9 Å². The van der Waals surface area contributed by atoms with E-state index in [1.165, 1.54) is 23.8 Å². The summed E-state index contributed by atoms with van der Waals surface area (Å²) < 4.78 is 6.86. The molecular formula is C11H16N2O5. The van der Waals surface area contributed by atoms with Crippen molar-refractivity contribution in [1.29, 1.82) is 0 Å². The van der Waals surface area contributed by atoms with Crippen molar-refractivity contribution < 1.29 is 14.9 Å². The fourth-order valence-corrected chi connectivity index (χ4v) is 2.16. The number of hydrogen-bond donors (Lipinski definition) is 3. The predicted octanol–water partition coefficient (Wildman–Crippen LogP) is -1.04. The van der Waals surface area contributed by atoms with Crippen LogP contribution in [0.1, 0.15) is 26.0 Å². The van der Waals surface area contributed by atoms with Gasteiger partial charge in [0.15, 0.2) is 0 Å². The molecule has 1 aromatic rings. The Balaban J connectivity index is 2.28. The van der Waals surface area contributed by atoms with Crippen molar-refractivity contribution in [3.8, 4) is 0 Å². The van der Waals surface area contributed by atoms with Crippen LogP contribution in [-0.4, -0.2) is 38.1 Å². The van der Waals surface area contributed by atoms with Gasteiger partial charge in [0.25, 0.3) is 5.56 Å². The maximum absolute atomic E-state index is 11.6. The third-order valence-corrected chi connectivity index (χ3v) is 3.38. The zero-order valence-electron chi connectivity index (χ0n) is 10.00. The van der Waals surface area contributed by atoms with Crippen LogP contribution >= 0.6 is 0 Å². The summed E-state index contributed by atoms with van der Waals surface area (Å²) in [6.07, 6.45) is 0.845. The molecule has 1 fully saturated rings. The van der Waals surface area contributed by atoms with E-state index in [0.29, 0.717) is 12.8 Å². The average molecular weight is 256 g/mol. The molecule has 3 atom stereocenters. The number of rotatable bonds is 3. The van der Waals surface area contributed by atoms with Crippen molar-refractivity contribution in [2.75, 3.05) is 6.61 Å². The molecule has 18 heavy (non-hydrogen) atoms. The third kappa shape index (κ3) is 2.12. The van der Waals surface area contributed by atoms with Gasteiger partial charge in [-0.3, -0.25) is 14.3 Å². The zero-order valence-corrected chi connectivity index (χ0v) is 10.00. The number of aromatic amines is 1. The summed E-state index contributed by atoms with van der Waals surface area (Å²) in [4.78, 5) is 24.7. The Morgan fingerprint density at radius 1 is 1.67 bits per heavy atom. The highest BCUT2D eigenvalue weighted by molar-refractivity contribution is 4.94. The van der Waals surface area contributed by atoms with Crippen LogP contribution in [0.2, 0.25) is 0 Å². The Hall–Kier alpha value is -1.44. The van der Waals surface area contributed by atoms with E-state index >= 15 is 0 Å². The summed E-state index contributed by atoms with van der Waals surface area (Å²) >= 11 is 0. The van der Waals surface area contributed by atoms with Crippen LogP contribution in [-0.2, 0) is 4.74 Å². The van der Waals surface area contributed by atoms with E-state index in [1.807, 2.05) is 0 Å². The molecule has 1 aromatic heterocycles. The van der Waals surface area contributed by atoms with E-state index in [2.05, 4.69) is 4.98 Å². The molecule has 0 bridgehead atoms. The number of nitrogens with one attached hydrogen (secondary N) is 1. The molecule has 3 N–H and O–H groups in total. The van der Waals surface area contributed by atoms with E-state index in [9.17, 15) is 19.8 Å². The van der Waals surface area contributed by atoms with Crippen molar-refractivity contribution in [1.82, 2.24) is 9.55 Å². The molecule has 3 unspecified atom stereocenters. The minimum atomic E-state index is -1.04. The lowest BCUT2D eigenvalue weighted by Gasteiger charge is -2.30. The SMILES string of the molecule is CC(O)C1(CO)CCC(n2ccc(=O)[nH]c2=O)O1. The lowest BCUT2D eigenvalue weighted by atomic mass is 9.95. The van der Waals surface area contributed by atoms with Gasteiger partial charge in [-0.15, -0.1) is 0 Å². The summed E-state index contributed by atoms with van der Waals surface area (Å²) in [6, 6.07) is 1.23. The minimum absolute atomic E-state index is 0.320. The molecule has 0 radical (unpaired) electrons. The highest BCUT2D eigenvalue weighted by Gasteiger charge is 2.44. The van der Waals surface area contributed by atoms with Gasteiger partial charge in [-0.2, -0.15) is 0 Å². The van der Waals surface area contributed by atoms with Gasteiger partial charge in [0, 0.05) is 12.3 Å². The largest absolute Gasteiger partial charge is 0.393 e. The van der Waals surface area contributed by atoms with E-state index in [-0.39, 0.29) is 6.61 Å². The number of hydrogen-bond acceptors (Lipinski definition) is 5. The van der Waals surface area contributed by atoms with Crippen LogP contribution in [0.25, 0.3) is 0 Å². The second-order valence-electron chi connectivity index (χ2n) is 4.53. The van der Waals surface area contributed by atoms with Gasteiger partial charge in [-0.1, -0.05) is 0 Å². The summed E-state index contributed by atoms with van der Waals surface area (Å²) in [5.74, 6) is 0. The van der Waals surface area contributed by atoms with E-state index < -0.39 is 29.2 Å². The van der Waals surface area contributed by atoms with Crippen LogP contribution in [0, 0.1) is 0 Å². The number of H-pyrrole nitrogens is 1. The molecule has 7 heteroatoms. The molecule has 0 amide bonds. The summed E-state index contributed by atoms with van der Waals surface area (Å²) in [5, 5.41) is 19.0. The number of nitrogens with zero attached hydrogens (tertiary/aromatic N) is 1. The number of aliphatic hydroxyl groups is 2. The van der Waals surface area contributed by atoms with Crippen molar-refractivity contribution in [2.24, 2.45) is 0 Å². The highest BCUT2D eigenvalue weighted by atomic mass is 16.6. The molecule has 0 aliphatic carbocycles. The Morgan fingerprint density at radius 3 is 2.89 bits per heavy atom. The molecule has 1 aliphatic rings. The van der Waals surface area contributed by atoms with Gasteiger partial charge in [0.1, 0.15) is 11.8 Å². The smallest absolute Gasteiger partial charge is 0.330 e. The average Bonchev–Trinajstić information content (AvgIpc) is 2.74. The molecule has 1 aliphatic heterocycles. The van der Waals surface area contributed by atoms with Crippen molar-refractivity contribution >= 4 is 0 Å². The van der Waals surface area contributed by atoms with Crippen LogP contribution < -0.4 is 11.2 Å². The quantitative estimate of drug-likeness (QED) is 0.640. The molecule has 0 spiro atoms. The van der Waals surface area contributed by atoms with Crippen molar-refractivity contribution in [2.45, 2.75) is 37.7 Å². The molecule has 0 aromatic carbocycles. The first-order chi connectivity index (χ1) is 8.48. The summed E-state index contributed by atoms with van der Waals surface area (Å²) in [6.45, 7) is 1.22. The van der Waals surface area contributed by atoms with Gasteiger partial charge >= 0.3 is 5.69 Å². The van der Waals surface area contributed by atoms with E-state index in [4.69, 9.17) is 4.74 Å². The topological polar surface area (TPSA) is 105 Å². The Morgan fingerprint density at radius 2 is 2.39 bits per heavy atom. The Kier molecular flexibility index (Phi) is 3.38. The van der Waals surface area contributed by atoms with Gasteiger partial charge in [0.05, 0.1) is 12.7 Å². The van der Waals surface area contributed by atoms with E-state index in [1.54, 1.807) is 0 Å². The minimum Gasteiger partial charge on any atom is -0.393 e. The first-order valence-corrected chi connectivity index (χ1v) is 5.77. The second kappa shape index (κ2) is 4.68. The van der Waals surface area contributed by atoms with Crippen LogP contribution in [0.4, 0.5) is 0 Å². The molecular weight excluding hydrogens is 240 g/mol. The predicted molar refractivity (Wildman–Crippen MR) is 62.2 cm³/mol. The normalized spacial score (nSPS) is 29.4. The van der Waals surface area contributed by atoms with Crippen molar-refractivity contribution in [3.63, 3.8) is 0 Å². The van der Waals surface area contributed by atoms with Crippen LogP contribution in [0.15, 0.2) is 21.9 Å². The number of aromatic nitrogens is 2. The summed E-state index contributed by atoms with van der Waals surface area (Å²) in [7, 11) is 0. The molecule has 100 valence electrons. The molecule has 7 nitrogen and oxygen atoms in total. The fourth-order valence-electron chi connectivity index (χ4n) is 2.16. The number of ether oxygens (including phenoxy) is 1. The van der Waals surface area contributed by atoms with E-state index in [0.717, 1.165) is 0 Å². The van der Waals surface area contributed by atoms with Crippen LogP contribution in [0.5, 0.6) is 0 Å². The first kappa shape index (κ1) is 13.0. The van der Waals surface area contributed by atoms with Gasteiger partial charge in [0.2, 0.25) is 0 Å². The van der Waals surface area contributed by atoms with Gasteiger partial charge in [-0.25, -0.2) is 4.79 Å². The van der Waals surface area contributed by atoms with Gasteiger partial charge in [-0.05, 0) is 19.8 Å². The van der Waals surface area contributed by atoms with Crippen molar-refractivity contribution in [3.05, 3.63) is 33.1 Å². The highest BCUT2D eigenvalue weighted by Crippen LogP contribution is 2.37. The Labute approximate surface area is 103 Å². The first-order valence-electron chi connectivity index (χ1n) is 5.77. The zero-order chi connectivity index (χ0) is 13.3. The molecule has 0 saturated carbocycles. The lowest BCUT2D eigenvalue weighted by Crippen LogP contribution is -2.44. The molecule has 2 rings (SSSR count). The third-order valence-electron chi connectivity index (χ3n) is 3.38. The lowest BCUT2D eigenvalue weighted by molar-refractivity contribution is -0.151. The maximum Gasteiger partial charge on any atom is 0.330 e. The Bertz CT molecular complexity index is 535. The standard InChI is InChI=1S/C11H16N2O5/c1-7(15)11(6-14)4-2-9(18-11)13-5-3-8(16)12-10(13)17/h3,5,7,9,14-15H,2,4,6H2,1H3,(H,12,16,17). The second-order valence-corrected chi connectivity index (χ2v) is 4.53. The number of aliphatic hydroxyl groups excluding tert-OH is 2. The van der Waals surface area contributed by atoms with Crippen LogP contribution in [0.3, 0.4) is 0 Å². The fraction of sp³-hybridized carbons (Fsp3) is 0.636.